The summed E-state index contributed by atoms with van der Waals surface area (Å²) in [6, 6.07) is 2.94. The van der Waals surface area contributed by atoms with E-state index in [9.17, 15) is 22.4 Å². The van der Waals surface area contributed by atoms with E-state index >= 15 is 0 Å². The van der Waals surface area contributed by atoms with E-state index in [4.69, 9.17) is 4.74 Å². The van der Waals surface area contributed by atoms with Crippen LogP contribution in [0.25, 0.3) is 0 Å². The number of hydrogen-bond acceptors (Lipinski definition) is 5. The zero-order valence-corrected chi connectivity index (χ0v) is 17.3. The van der Waals surface area contributed by atoms with E-state index in [0.29, 0.717) is 0 Å². The summed E-state index contributed by atoms with van der Waals surface area (Å²) in [4.78, 5) is 23.7. The fourth-order valence-corrected chi connectivity index (χ4v) is 3.83. The number of rotatable bonds is 7. The molecule has 0 spiro atoms. The number of nitrogens with one attached hydrogen (secondary N) is 1. The van der Waals surface area contributed by atoms with Gasteiger partial charge in [-0.1, -0.05) is 13.8 Å². The van der Waals surface area contributed by atoms with Crippen LogP contribution in [-0.2, 0) is 19.6 Å². The van der Waals surface area contributed by atoms with Crippen LogP contribution in [0.15, 0.2) is 23.1 Å². The highest BCUT2D eigenvalue weighted by Crippen LogP contribution is 2.21. The first-order chi connectivity index (χ1) is 12.3. The van der Waals surface area contributed by atoms with Crippen molar-refractivity contribution in [3.05, 3.63) is 29.6 Å². The molecule has 0 fully saturated rings. The summed E-state index contributed by atoms with van der Waals surface area (Å²) < 4.78 is 45.4. The van der Waals surface area contributed by atoms with Crippen LogP contribution in [-0.4, -0.2) is 49.3 Å². The molecule has 0 radical (unpaired) electrons. The first kappa shape index (κ1) is 23.0. The molecule has 0 aliphatic heterocycles. The monoisotopic (exact) mass is 402 g/mol. The van der Waals surface area contributed by atoms with Crippen molar-refractivity contribution < 1.29 is 27.1 Å². The fraction of sp³-hybridized carbons (Fsp3) is 0.556. The Bertz CT molecular complexity index is 798. The van der Waals surface area contributed by atoms with E-state index in [1.54, 1.807) is 34.6 Å². The van der Waals surface area contributed by atoms with Gasteiger partial charge in [-0.3, -0.25) is 4.79 Å². The minimum Gasteiger partial charge on any atom is -0.449 e. The highest BCUT2D eigenvalue weighted by Gasteiger charge is 2.28. The molecular formula is C18H27FN2O5S. The fourth-order valence-electron chi connectivity index (χ4n) is 2.28. The third kappa shape index (κ3) is 6.00. The number of sulfonamides is 1. The molecule has 0 heterocycles. The van der Waals surface area contributed by atoms with E-state index in [1.807, 2.05) is 0 Å². The predicted molar refractivity (Wildman–Crippen MR) is 99.3 cm³/mol. The summed E-state index contributed by atoms with van der Waals surface area (Å²) in [5.74, 6) is -2.37. The molecule has 7 nitrogen and oxygen atoms in total. The molecule has 0 aliphatic carbocycles. The molecule has 0 aromatic heterocycles. The lowest BCUT2D eigenvalue weighted by Crippen LogP contribution is -2.46. The smallest absolute Gasteiger partial charge is 0.338 e. The third-order valence-corrected chi connectivity index (χ3v) is 5.71. The minimum absolute atomic E-state index is 0.155. The topological polar surface area (TPSA) is 92.8 Å². The summed E-state index contributed by atoms with van der Waals surface area (Å²) in [6.07, 6.45) is -1.09. The molecule has 27 heavy (non-hydrogen) atoms. The van der Waals surface area contributed by atoms with Gasteiger partial charge in [0, 0.05) is 18.6 Å². The Morgan fingerprint density at radius 2 is 1.78 bits per heavy atom. The summed E-state index contributed by atoms with van der Waals surface area (Å²) in [5.41, 5.74) is -0.656. The number of benzene rings is 1. The number of esters is 1. The number of carbonyl (C=O) groups is 2. The molecule has 0 saturated carbocycles. The van der Waals surface area contributed by atoms with Gasteiger partial charge in [0.15, 0.2) is 6.10 Å². The lowest BCUT2D eigenvalue weighted by Gasteiger charge is -2.23. The number of carbonyl (C=O) groups excluding carboxylic acids is 2. The Morgan fingerprint density at radius 3 is 2.26 bits per heavy atom. The highest BCUT2D eigenvalue weighted by molar-refractivity contribution is 7.89. The predicted octanol–water partition coefficient (Wildman–Crippen LogP) is 2.32. The third-order valence-electron chi connectivity index (χ3n) is 3.64. The van der Waals surface area contributed by atoms with Crippen LogP contribution in [0.2, 0.25) is 0 Å². The molecule has 1 rings (SSSR count). The van der Waals surface area contributed by atoms with Gasteiger partial charge >= 0.3 is 5.97 Å². The van der Waals surface area contributed by atoms with E-state index in [2.05, 4.69) is 5.32 Å². The van der Waals surface area contributed by atoms with Gasteiger partial charge in [-0.15, -0.1) is 0 Å². The second-order valence-corrected chi connectivity index (χ2v) is 8.93. The molecule has 152 valence electrons. The van der Waals surface area contributed by atoms with Gasteiger partial charge in [-0.2, -0.15) is 4.31 Å². The standard InChI is InChI=1S/C18H27FN2O5S/c1-7-21(8-2)27(24,25)15-11-13(9-10-14(15)19)17(23)26-12(3)16(22)20-18(4,5)6/h9-12H,7-8H2,1-6H3,(H,20,22). The lowest BCUT2D eigenvalue weighted by molar-refractivity contribution is -0.130. The van der Waals surface area contributed by atoms with Gasteiger partial charge in [0.1, 0.15) is 10.7 Å². The molecule has 0 aliphatic rings. The van der Waals surface area contributed by atoms with Crippen LogP contribution in [0.4, 0.5) is 4.39 Å². The molecule has 1 unspecified atom stereocenters. The van der Waals surface area contributed by atoms with Crippen LogP contribution < -0.4 is 5.32 Å². The van der Waals surface area contributed by atoms with Gasteiger partial charge in [0.05, 0.1) is 5.56 Å². The molecule has 0 saturated heterocycles. The average molecular weight is 402 g/mol. The SMILES string of the molecule is CCN(CC)S(=O)(=O)c1cc(C(=O)OC(C)C(=O)NC(C)(C)C)ccc1F. The van der Waals surface area contributed by atoms with Gasteiger partial charge in [0.25, 0.3) is 5.91 Å². The van der Waals surface area contributed by atoms with Crippen molar-refractivity contribution in [1.29, 1.82) is 0 Å². The van der Waals surface area contributed by atoms with Gasteiger partial charge in [-0.05, 0) is 45.9 Å². The molecule has 9 heteroatoms. The minimum atomic E-state index is -4.09. The zero-order chi connectivity index (χ0) is 21.0. The molecule has 1 aromatic carbocycles. The van der Waals surface area contributed by atoms with Crippen LogP contribution in [0.5, 0.6) is 0 Å². The first-order valence-corrected chi connectivity index (χ1v) is 10.1. The van der Waals surface area contributed by atoms with Crippen molar-refractivity contribution in [2.24, 2.45) is 0 Å². The van der Waals surface area contributed by atoms with Crippen molar-refractivity contribution in [3.8, 4) is 0 Å². The van der Waals surface area contributed by atoms with Crippen molar-refractivity contribution in [3.63, 3.8) is 0 Å². The van der Waals surface area contributed by atoms with Gasteiger partial charge < -0.3 is 10.1 Å². The lowest BCUT2D eigenvalue weighted by atomic mass is 10.1. The Morgan fingerprint density at radius 1 is 1.22 bits per heavy atom. The maximum Gasteiger partial charge on any atom is 0.338 e. The molecule has 1 amide bonds. The molecule has 1 aromatic rings. The summed E-state index contributed by atoms with van der Waals surface area (Å²) >= 11 is 0. The summed E-state index contributed by atoms with van der Waals surface area (Å²) in [7, 11) is -4.09. The molecule has 0 bridgehead atoms. The van der Waals surface area contributed by atoms with Crippen LogP contribution in [0, 0.1) is 5.82 Å². The second kappa shape index (κ2) is 8.79. The van der Waals surface area contributed by atoms with Crippen molar-refractivity contribution in [2.75, 3.05) is 13.1 Å². The van der Waals surface area contributed by atoms with E-state index < -0.39 is 44.3 Å². The number of nitrogens with zero attached hydrogens (tertiary/aromatic N) is 1. The number of halogens is 1. The highest BCUT2D eigenvalue weighted by atomic mass is 32.2. The zero-order valence-electron chi connectivity index (χ0n) is 16.5. The van der Waals surface area contributed by atoms with Gasteiger partial charge in [-0.25, -0.2) is 17.6 Å². The molecule has 1 atom stereocenters. The number of amides is 1. The molecule has 1 N–H and O–H groups in total. The van der Waals surface area contributed by atoms with Crippen molar-refractivity contribution in [1.82, 2.24) is 9.62 Å². The Kier molecular flexibility index (Phi) is 7.50. The van der Waals surface area contributed by atoms with E-state index in [1.165, 1.54) is 6.92 Å². The summed E-state index contributed by atoms with van der Waals surface area (Å²) in [5, 5.41) is 2.67. The van der Waals surface area contributed by atoms with Crippen LogP contribution >= 0.6 is 0 Å². The van der Waals surface area contributed by atoms with Crippen molar-refractivity contribution >= 4 is 21.9 Å². The van der Waals surface area contributed by atoms with Gasteiger partial charge in [0.2, 0.25) is 10.0 Å². The maximum absolute atomic E-state index is 14.1. The Labute approximate surface area is 159 Å². The quantitative estimate of drug-likeness (QED) is 0.707. The van der Waals surface area contributed by atoms with E-state index in [0.717, 1.165) is 22.5 Å². The van der Waals surface area contributed by atoms with Crippen LogP contribution in [0.1, 0.15) is 51.9 Å². The normalized spacial score (nSPS) is 13.3. The second-order valence-electron chi connectivity index (χ2n) is 7.02. The largest absolute Gasteiger partial charge is 0.449 e. The average Bonchev–Trinajstić information content (AvgIpc) is 2.54. The number of ether oxygens (including phenoxy) is 1. The first-order valence-electron chi connectivity index (χ1n) is 8.66. The number of hydrogen-bond donors (Lipinski definition) is 1. The van der Waals surface area contributed by atoms with Crippen LogP contribution in [0.3, 0.4) is 0 Å². The Hall–Kier alpha value is -2.00. The van der Waals surface area contributed by atoms with Crippen molar-refractivity contribution in [2.45, 2.75) is 58.1 Å². The summed E-state index contributed by atoms with van der Waals surface area (Å²) in [6.45, 7) is 10.3. The molecular weight excluding hydrogens is 375 g/mol. The van der Waals surface area contributed by atoms with E-state index in [-0.39, 0.29) is 18.7 Å². The maximum atomic E-state index is 14.1. The Balaban J connectivity index is 3.09.